The van der Waals surface area contributed by atoms with Gasteiger partial charge in [-0.2, -0.15) is 0 Å². The van der Waals surface area contributed by atoms with E-state index >= 15 is 0 Å². The highest BCUT2D eigenvalue weighted by atomic mass is 32.2. The van der Waals surface area contributed by atoms with E-state index in [-0.39, 0.29) is 23.3 Å². The Morgan fingerprint density at radius 1 is 1.21 bits per heavy atom. The molecule has 0 unspecified atom stereocenters. The van der Waals surface area contributed by atoms with E-state index in [4.69, 9.17) is 4.74 Å². The minimum absolute atomic E-state index is 0.129. The summed E-state index contributed by atoms with van der Waals surface area (Å²) in [4.78, 5) is 30.1. The number of aromatic nitrogens is 1. The number of carbonyl (C=O) groups excluding carboxylic acids is 1. The average molecular weight is 474 g/mol. The second-order valence-electron chi connectivity index (χ2n) is 10.0. The van der Waals surface area contributed by atoms with E-state index in [0.717, 1.165) is 10.9 Å². The zero-order chi connectivity index (χ0) is 23.8. The van der Waals surface area contributed by atoms with Gasteiger partial charge < -0.3 is 19.3 Å². The minimum atomic E-state index is -1.28. The fourth-order valence-electron chi connectivity index (χ4n) is 4.85. The molecule has 1 saturated heterocycles. The number of benzene rings is 1. The molecule has 8 nitrogen and oxygen atoms in total. The van der Waals surface area contributed by atoms with Crippen LogP contribution in [0.5, 0.6) is 0 Å². The lowest BCUT2D eigenvalue weighted by atomic mass is 9.74. The van der Waals surface area contributed by atoms with Crippen molar-refractivity contribution in [2.45, 2.75) is 63.3 Å². The molecule has 1 aromatic heterocycles. The summed E-state index contributed by atoms with van der Waals surface area (Å²) in [5, 5.41) is 10.3. The van der Waals surface area contributed by atoms with Crippen molar-refractivity contribution < 1.29 is 24.0 Å². The number of nitrogens with one attached hydrogen (secondary N) is 1. The van der Waals surface area contributed by atoms with Crippen LogP contribution in [0.2, 0.25) is 0 Å². The predicted octanol–water partition coefficient (Wildman–Crippen LogP) is 3.73. The lowest BCUT2D eigenvalue weighted by molar-refractivity contribution is 0.0247. The number of amides is 1. The molecular formula is C24H31N3O5S. The van der Waals surface area contributed by atoms with Gasteiger partial charge in [0.15, 0.2) is 0 Å². The first-order valence-corrected chi connectivity index (χ1v) is 12.5. The summed E-state index contributed by atoms with van der Waals surface area (Å²) >= 11 is -1.28. The number of esters is 1. The molecule has 1 aliphatic heterocycles. The standard InChI is InChI=1S/C24H31N3O5S/c1-23(2,3)33(31)26-20-14-17(15-24(20)10-12-27(13-11-24)22(29)30)32-21(28)19-9-8-16-6-4-5-7-18(16)25-19/h4-9,17,20,26H,10-15H2,1-3H3,(H,29,30)/t17-,20-,33-/m1/s1. The maximum absolute atomic E-state index is 12.9. The van der Waals surface area contributed by atoms with Gasteiger partial charge >= 0.3 is 12.1 Å². The van der Waals surface area contributed by atoms with E-state index in [2.05, 4.69) is 9.71 Å². The Hall–Kier alpha value is -2.36. The van der Waals surface area contributed by atoms with Crippen molar-refractivity contribution in [3.63, 3.8) is 0 Å². The van der Waals surface area contributed by atoms with Crippen LogP contribution in [0.3, 0.4) is 0 Å². The van der Waals surface area contributed by atoms with Crippen molar-refractivity contribution in [1.29, 1.82) is 0 Å². The Bertz CT molecular complexity index is 1030. The number of rotatable bonds is 4. The minimum Gasteiger partial charge on any atom is -0.598 e. The average Bonchev–Trinajstić information content (AvgIpc) is 3.08. The van der Waals surface area contributed by atoms with Crippen LogP contribution in [0.1, 0.15) is 56.9 Å². The van der Waals surface area contributed by atoms with Gasteiger partial charge in [0.2, 0.25) is 0 Å². The Morgan fingerprint density at radius 3 is 2.58 bits per heavy atom. The van der Waals surface area contributed by atoms with Crippen molar-refractivity contribution in [1.82, 2.24) is 14.6 Å². The zero-order valence-electron chi connectivity index (χ0n) is 19.2. The zero-order valence-corrected chi connectivity index (χ0v) is 20.1. The summed E-state index contributed by atoms with van der Waals surface area (Å²) in [5.41, 5.74) is 0.725. The number of hydrogen-bond donors (Lipinski definition) is 2. The molecule has 1 amide bonds. The molecule has 2 N–H and O–H groups in total. The van der Waals surface area contributed by atoms with Gasteiger partial charge in [0.1, 0.15) is 16.5 Å². The SMILES string of the molecule is CC(C)(C)[S@@+]([O-])N[C@@H]1C[C@@H](OC(=O)c2ccc3ccccc3n2)CC12CCN(C(=O)O)CC2. The third-order valence-corrected chi connectivity index (χ3v) is 8.40. The highest BCUT2D eigenvalue weighted by Gasteiger charge is 2.52. The Morgan fingerprint density at radius 2 is 1.91 bits per heavy atom. The quantitative estimate of drug-likeness (QED) is 0.513. The molecule has 2 heterocycles. The molecule has 4 rings (SSSR count). The van der Waals surface area contributed by atoms with E-state index in [0.29, 0.717) is 38.8 Å². The van der Waals surface area contributed by atoms with Crippen LogP contribution in [0, 0.1) is 5.41 Å². The van der Waals surface area contributed by atoms with Crippen LogP contribution >= 0.6 is 0 Å². The van der Waals surface area contributed by atoms with Crippen LogP contribution in [-0.2, 0) is 16.1 Å². The van der Waals surface area contributed by atoms with Gasteiger partial charge in [0.25, 0.3) is 0 Å². The second-order valence-corrected chi connectivity index (χ2v) is 12.0. The fraction of sp³-hybridized carbons (Fsp3) is 0.542. The van der Waals surface area contributed by atoms with Gasteiger partial charge in [-0.1, -0.05) is 24.3 Å². The van der Waals surface area contributed by atoms with E-state index < -0.39 is 28.2 Å². The maximum atomic E-state index is 12.9. The second kappa shape index (κ2) is 9.12. The number of fused-ring (bicyclic) bond motifs is 1. The van der Waals surface area contributed by atoms with Gasteiger partial charge in [-0.25, -0.2) is 14.6 Å². The van der Waals surface area contributed by atoms with Crippen LogP contribution in [-0.4, -0.2) is 61.6 Å². The van der Waals surface area contributed by atoms with Crippen LogP contribution in [0.25, 0.3) is 10.9 Å². The number of piperidine rings is 1. The van der Waals surface area contributed by atoms with Crippen molar-refractivity contribution >= 4 is 34.3 Å². The van der Waals surface area contributed by atoms with Gasteiger partial charge in [0.05, 0.1) is 11.6 Å². The number of carboxylic acid groups (broad SMARTS) is 1. The molecular weight excluding hydrogens is 442 g/mol. The van der Waals surface area contributed by atoms with Crippen molar-refractivity contribution in [3.05, 3.63) is 42.1 Å². The Balaban J connectivity index is 1.50. The lowest BCUT2D eigenvalue weighted by Gasteiger charge is -2.42. The van der Waals surface area contributed by atoms with E-state index in [1.807, 2.05) is 51.1 Å². The molecule has 3 atom stereocenters. The largest absolute Gasteiger partial charge is 0.598 e. The topological polar surface area (TPSA) is 115 Å². The number of hydrogen-bond acceptors (Lipinski definition) is 6. The molecule has 2 aliphatic rings. The van der Waals surface area contributed by atoms with E-state index in [9.17, 15) is 19.2 Å². The summed E-state index contributed by atoms with van der Waals surface area (Å²) in [6, 6.07) is 11.0. The Kier molecular flexibility index (Phi) is 6.57. The summed E-state index contributed by atoms with van der Waals surface area (Å²) in [6.45, 7) is 6.57. The number of carbonyl (C=O) groups is 2. The molecule has 0 bridgehead atoms. The van der Waals surface area contributed by atoms with Gasteiger partial charge in [-0.05, 0) is 57.6 Å². The number of para-hydroxylation sites is 1. The molecule has 9 heteroatoms. The molecule has 2 aromatic rings. The molecule has 0 radical (unpaired) electrons. The van der Waals surface area contributed by atoms with Gasteiger partial charge in [-0.3, -0.25) is 0 Å². The molecule has 1 aliphatic carbocycles. The van der Waals surface area contributed by atoms with Gasteiger partial charge in [0, 0.05) is 36.3 Å². The first kappa shape index (κ1) is 23.8. The number of ether oxygens (including phenoxy) is 1. The molecule has 1 saturated carbocycles. The molecule has 1 aromatic carbocycles. The first-order chi connectivity index (χ1) is 15.6. The number of nitrogens with zero attached hydrogens (tertiary/aromatic N) is 2. The highest BCUT2D eigenvalue weighted by Crippen LogP contribution is 2.48. The predicted molar refractivity (Wildman–Crippen MR) is 126 cm³/mol. The third-order valence-electron chi connectivity index (χ3n) is 6.79. The van der Waals surface area contributed by atoms with Crippen molar-refractivity contribution in [3.8, 4) is 0 Å². The van der Waals surface area contributed by atoms with Crippen molar-refractivity contribution in [2.75, 3.05) is 13.1 Å². The number of likely N-dealkylation sites (tertiary alicyclic amines) is 1. The fourth-order valence-corrected chi connectivity index (χ4v) is 5.81. The summed E-state index contributed by atoms with van der Waals surface area (Å²) in [5.74, 6) is -0.471. The van der Waals surface area contributed by atoms with E-state index in [1.165, 1.54) is 4.90 Å². The van der Waals surface area contributed by atoms with E-state index in [1.54, 1.807) is 6.07 Å². The third kappa shape index (κ3) is 5.10. The van der Waals surface area contributed by atoms with Crippen molar-refractivity contribution in [2.24, 2.45) is 5.41 Å². The van der Waals surface area contributed by atoms with Crippen LogP contribution < -0.4 is 4.72 Å². The molecule has 2 fully saturated rings. The highest BCUT2D eigenvalue weighted by molar-refractivity contribution is 7.90. The lowest BCUT2D eigenvalue weighted by Crippen LogP contribution is -2.53. The van der Waals surface area contributed by atoms with Crippen LogP contribution in [0.4, 0.5) is 4.79 Å². The summed E-state index contributed by atoms with van der Waals surface area (Å²) < 4.78 is 21.6. The van der Waals surface area contributed by atoms with Crippen LogP contribution in [0.15, 0.2) is 36.4 Å². The molecule has 33 heavy (non-hydrogen) atoms. The normalized spacial score (nSPS) is 23.6. The Labute approximate surface area is 197 Å². The number of pyridine rings is 1. The van der Waals surface area contributed by atoms with Gasteiger partial charge in [-0.15, -0.1) is 4.72 Å². The summed E-state index contributed by atoms with van der Waals surface area (Å²) in [6.07, 6.45) is 1.15. The molecule has 178 valence electrons. The smallest absolute Gasteiger partial charge is 0.407 e. The monoisotopic (exact) mass is 473 g/mol. The maximum Gasteiger partial charge on any atom is 0.407 e. The first-order valence-electron chi connectivity index (χ1n) is 11.3. The summed E-state index contributed by atoms with van der Waals surface area (Å²) in [7, 11) is 0. The molecule has 1 spiro atoms.